The Bertz CT molecular complexity index is 828. The van der Waals surface area contributed by atoms with Gasteiger partial charge in [0.15, 0.2) is 10.9 Å². The lowest BCUT2D eigenvalue weighted by Gasteiger charge is -2.06. The van der Waals surface area contributed by atoms with Crippen molar-refractivity contribution >= 4 is 28.5 Å². The number of aryl methyl sites for hydroxylation is 2. The minimum absolute atomic E-state index is 0.658. The molecule has 5 nitrogen and oxygen atoms in total. The van der Waals surface area contributed by atoms with E-state index in [0.29, 0.717) is 5.56 Å². The highest BCUT2D eigenvalue weighted by atomic mass is 32.2. The summed E-state index contributed by atoms with van der Waals surface area (Å²) in [6, 6.07) is 6.20. The van der Waals surface area contributed by atoms with Crippen LogP contribution in [-0.2, 0) is 6.42 Å². The number of aromatic amines is 1. The van der Waals surface area contributed by atoms with Crippen molar-refractivity contribution < 1.29 is 4.42 Å². The molecule has 2 heterocycles. The number of hydrogen-bond donors (Lipinski definition) is 2. The first-order valence-corrected chi connectivity index (χ1v) is 7.42. The summed E-state index contributed by atoms with van der Waals surface area (Å²) in [7, 11) is 0. The van der Waals surface area contributed by atoms with Crippen LogP contribution < -0.4 is 4.72 Å². The Morgan fingerprint density at radius 2 is 2.33 bits per heavy atom. The molecule has 2 N–H and O–H groups in total. The molecule has 0 fully saturated rings. The molecule has 106 valence electrons. The molecule has 0 aliphatic heterocycles. The number of benzene rings is 1. The number of H-pyrrole nitrogens is 1. The van der Waals surface area contributed by atoms with Crippen molar-refractivity contribution in [1.82, 2.24) is 9.97 Å². The van der Waals surface area contributed by atoms with Crippen molar-refractivity contribution in [2.45, 2.75) is 25.3 Å². The predicted octanol–water partition coefficient (Wildman–Crippen LogP) is 4.02. The summed E-state index contributed by atoms with van der Waals surface area (Å²) in [5, 5.41) is 10.9. The zero-order valence-electron chi connectivity index (χ0n) is 11.7. The maximum absolute atomic E-state index is 9.16. The van der Waals surface area contributed by atoms with Gasteiger partial charge in [-0.3, -0.25) is 0 Å². The molecule has 3 aromatic rings. The monoisotopic (exact) mass is 298 g/mol. The first kappa shape index (κ1) is 13.6. The number of rotatable bonds is 4. The summed E-state index contributed by atoms with van der Waals surface area (Å²) in [4.78, 5) is 7.49. The normalized spacial score (nSPS) is 10.7. The third kappa shape index (κ3) is 2.48. The van der Waals surface area contributed by atoms with Gasteiger partial charge in [-0.15, -0.1) is 0 Å². The topological polar surface area (TPSA) is 77.6 Å². The molecule has 3 rings (SSSR count). The molecule has 0 radical (unpaired) electrons. The van der Waals surface area contributed by atoms with Crippen molar-refractivity contribution in [3.8, 4) is 6.07 Å². The molecule has 0 aliphatic carbocycles. The molecule has 1 aromatic carbocycles. The van der Waals surface area contributed by atoms with E-state index in [2.05, 4.69) is 20.8 Å². The Morgan fingerprint density at radius 1 is 1.48 bits per heavy atom. The first-order chi connectivity index (χ1) is 10.2. The lowest BCUT2D eigenvalue weighted by atomic mass is 10.1. The van der Waals surface area contributed by atoms with E-state index in [0.717, 1.165) is 39.5 Å². The molecular formula is C15H14N4OS. The lowest BCUT2D eigenvalue weighted by molar-refractivity contribution is 0.500. The Morgan fingerprint density at radius 3 is 3.05 bits per heavy atom. The van der Waals surface area contributed by atoms with Crippen LogP contribution in [0.4, 0.5) is 5.69 Å². The fourth-order valence-electron chi connectivity index (χ4n) is 2.20. The van der Waals surface area contributed by atoms with Crippen LogP contribution in [0.25, 0.3) is 10.9 Å². The summed E-state index contributed by atoms with van der Waals surface area (Å²) in [5.74, 6) is 0.722. The molecule has 0 saturated heterocycles. The summed E-state index contributed by atoms with van der Waals surface area (Å²) >= 11 is 1.39. The lowest BCUT2D eigenvalue weighted by Crippen LogP contribution is -1.90. The number of nitrogens with one attached hydrogen (secondary N) is 2. The van der Waals surface area contributed by atoms with Crippen LogP contribution in [0.15, 0.2) is 34.0 Å². The average Bonchev–Trinajstić information content (AvgIpc) is 3.13. The van der Waals surface area contributed by atoms with Gasteiger partial charge in [0.1, 0.15) is 12.3 Å². The Labute approximate surface area is 126 Å². The number of anilines is 1. The molecule has 0 bridgehead atoms. The van der Waals surface area contributed by atoms with Gasteiger partial charge in [0, 0.05) is 30.0 Å². The van der Waals surface area contributed by atoms with E-state index >= 15 is 0 Å². The Balaban J connectivity index is 1.89. The van der Waals surface area contributed by atoms with Gasteiger partial charge in [-0.2, -0.15) is 5.26 Å². The van der Waals surface area contributed by atoms with Crippen LogP contribution in [0.1, 0.15) is 23.9 Å². The van der Waals surface area contributed by atoms with Crippen molar-refractivity contribution in [2.24, 2.45) is 0 Å². The summed E-state index contributed by atoms with van der Waals surface area (Å²) in [6.07, 6.45) is 4.15. The average molecular weight is 298 g/mol. The van der Waals surface area contributed by atoms with E-state index in [1.54, 1.807) is 12.5 Å². The van der Waals surface area contributed by atoms with Crippen LogP contribution in [-0.4, -0.2) is 9.97 Å². The van der Waals surface area contributed by atoms with Crippen LogP contribution in [0, 0.1) is 18.3 Å². The molecule has 0 unspecified atom stereocenters. The number of oxazole rings is 1. The number of fused-ring (bicyclic) bond motifs is 1. The number of nitriles is 1. The summed E-state index contributed by atoms with van der Waals surface area (Å²) in [5.41, 5.74) is 3.58. The van der Waals surface area contributed by atoms with E-state index < -0.39 is 0 Å². The van der Waals surface area contributed by atoms with Gasteiger partial charge in [-0.05, 0) is 18.6 Å². The highest BCUT2D eigenvalue weighted by Gasteiger charge is 2.11. The standard InChI is InChI=1S/C15H14N4OS/c1-3-12-18-13(8-20-12)21-19-11-5-4-9(2)14-10(6-16)7-17-15(11)14/h4-5,7-8,17,19H,3H2,1-2H3. The molecular weight excluding hydrogens is 284 g/mol. The van der Waals surface area contributed by atoms with Crippen LogP contribution in [0.5, 0.6) is 0 Å². The zero-order chi connectivity index (χ0) is 14.8. The molecule has 0 spiro atoms. The van der Waals surface area contributed by atoms with E-state index in [1.165, 1.54) is 11.9 Å². The van der Waals surface area contributed by atoms with Gasteiger partial charge in [0.25, 0.3) is 0 Å². The molecule has 2 aromatic heterocycles. The largest absolute Gasteiger partial charge is 0.448 e. The van der Waals surface area contributed by atoms with Crippen LogP contribution >= 0.6 is 11.9 Å². The highest BCUT2D eigenvalue weighted by molar-refractivity contribution is 8.00. The minimum Gasteiger partial charge on any atom is -0.448 e. The van der Waals surface area contributed by atoms with Crippen molar-refractivity contribution in [1.29, 1.82) is 5.26 Å². The van der Waals surface area contributed by atoms with Crippen molar-refractivity contribution in [3.63, 3.8) is 0 Å². The quantitative estimate of drug-likeness (QED) is 0.711. The second-order valence-electron chi connectivity index (χ2n) is 4.63. The van der Waals surface area contributed by atoms with E-state index in [9.17, 15) is 0 Å². The second kappa shape index (κ2) is 5.54. The third-order valence-electron chi connectivity index (χ3n) is 3.26. The molecule has 0 aliphatic rings. The SMILES string of the molecule is CCc1nc(SNc2ccc(C)c3c(C#N)c[nH]c23)co1. The van der Waals surface area contributed by atoms with Gasteiger partial charge in [0.2, 0.25) is 0 Å². The maximum Gasteiger partial charge on any atom is 0.194 e. The fourth-order valence-corrected chi connectivity index (χ4v) is 2.83. The maximum atomic E-state index is 9.16. The number of hydrogen-bond acceptors (Lipinski definition) is 5. The molecule has 0 amide bonds. The zero-order valence-corrected chi connectivity index (χ0v) is 12.5. The summed E-state index contributed by atoms with van der Waals surface area (Å²) < 4.78 is 8.57. The Hall–Kier alpha value is -2.39. The minimum atomic E-state index is 0.658. The predicted molar refractivity (Wildman–Crippen MR) is 83.1 cm³/mol. The van der Waals surface area contributed by atoms with Gasteiger partial charge < -0.3 is 14.1 Å². The van der Waals surface area contributed by atoms with Crippen LogP contribution in [0.2, 0.25) is 0 Å². The molecule has 0 atom stereocenters. The van der Waals surface area contributed by atoms with E-state index in [1.807, 2.05) is 26.0 Å². The molecule has 21 heavy (non-hydrogen) atoms. The van der Waals surface area contributed by atoms with Gasteiger partial charge in [0.05, 0.1) is 16.8 Å². The Kier molecular flexibility index (Phi) is 3.59. The van der Waals surface area contributed by atoms with Gasteiger partial charge in [-0.25, -0.2) is 4.98 Å². The highest BCUT2D eigenvalue weighted by Crippen LogP contribution is 2.31. The van der Waals surface area contributed by atoms with Gasteiger partial charge in [-0.1, -0.05) is 13.0 Å². The smallest absolute Gasteiger partial charge is 0.194 e. The van der Waals surface area contributed by atoms with E-state index in [-0.39, 0.29) is 0 Å². The number of nitrogens with zero attached hydrogens (tertiary/aromatic N) is 2. The molecule has 6 heteroatoms. The first-order valence-electron chi connectivity index (χ1n) is 6.61. The second-order valence-corrected chi connectivity index (χ2v) is 5.46. The van der Waals surface area contributed by atoms with Crippen LogP contribution in [0.3, 0.4) is 0 Å². The van der Waals surface area contributed by atoms with Crippen molar-refractivity contribution in [2.75, 3.05) is 4.72 Å². The fraction of sp³-hybridized carbons (Fsp3) is 0.200. The summed E-state index contributed by atoms with van der Waals surface area (Å²) in [6.45, 7) is 4.00. The third-order valence-corrected chi connectivity index (χ3v) is 3.98. The number of aromatic nitrogens is 2. The molecule has 0 saturated carbocycles. The van der Waals surface area contributed by atoms with E-state index in [4.69, 9.17) is 9.68 Å². The van der Waals surface area contributed by atoms with Crippen molar-refractivity contribution in [3.05, 3.63) is 41.6 Å². The van der Waals surface area contributed by atoms with Gasteiger partial charge >= 0.3 is 0 Å².